The Morgan fingerprint density at radius 3 is 2.44 bits per heavy atom. The van der Waals surface area contributed by atoms with Gasteiger partial charge >= 0.3 is 0 Å². The van der Waals surface area contributed by atoms with Crippen LogP contribution in [-0.2, 0) is 17.1 Å². The molecular weight excluding hydrogens is 372 g/mol. The molecule has 0 bridgehead atoms. The highest BCUT2D eigenvalue weighted by Crippen LogP contribution is 2.27. The Bertz CT molecular complexity index is 1010. The average molecular weight is 395 g/mol. The molecule has 146 valence electrons. The average Bonchev–Trinajstić information content (AvgIpc) is 2.90. The molecule has 1 aromatic carbocycles. The lowest BCUT2D eigenvalue weighted by Crippen LogP contribution is -2.40. The largest absolute Gasteiger partial charge is 0.505 e. The maximum atomic E-state index is 13.7. The van der Waals surface area contributed by atoms with Crippen LogP contribution in [0.2, 0.25) is 0 Å². The molecule has 0 aliphatic heterocycles. The lowest BCUT2D eigenvalue weighted by molar-refractivity contribution is 0.101. The Balaban J connectivity index is 2.37. The molecule has 2 aromatic rings. The van der Waals surface area contributed by atoms with Crippen molar-refractivity contribution >= 4 is 34.9 Å². The number of aromatic hydroxyl groups is 1. The van der Waals surface area contributed by atoms with Gasteiger partial charge in [-0.15, -0.1) is 0 Å². The van der Waals surface area contributed by atoms with Crippen LogP contribution in [0, 0.1) is 12.7 Å². The number of sulfonamides is 1. The summed E-state index contributed by atoms with van der Waals surface area (Å²) in [6.07, 6.45) is 1.33. The number of anilines is 1. The number of hydrogen-bond acceptors (Lipinski definition) is 4. The van der Waals surface area contributed by atoms with Crippen LogP contribution in [0.5, 0.6) is 5.75 Å². The Labute approximate surface area is 159 Å². The van der Waals surface area contributed by atoms with Gasteiger partial charge in [0.25, 0.3) is 5.91 Å². The summed E-state index contributed by atoms with van der Waals surface area (Å²) in [4.78, 5) is 12.6. The van der Waals surface area contributed by atoms with Gasteiger partial charge in [0.2, 0.25) is 10.0 Å². The van der Waals surface area contributed by atoms with Crippen molar-refractivity contribution < 1.29 is 22.7 Å². The number of nitrogens with one attached hydrogen (secondary N) is 2. The summed E-state index contributed by atoms with van der Waals surface area (Å²) in [5, 5.41) is 12.6. The van der Waals surface area contributed by atoms with Crippen molar-refractivity contribution in [1.29, 1.82) is 0 Å². The minimum absolute atomic E-state index is 0.0143. The summed E-state index contributed by atoms with van der Waals surface area (Å²) in [5.41, 5.74) is -0.158. The van der Waals surface area contributed by atoms with E-state index in [2.05, 4.69) is 10.0 Å². The summed E-state index contributed by atoms with van der Waals surface area (Å²) in [7, 11) is -0.722. The van der Waals surface area contributed by atoms with Gasteiger partial charge in [-0.25, -0.2) is 17.5 Å². The van der Waals surface area contributed by atoms with Crippen LogP contribution < -0.4 is 15.5 Å². The monoisotopic (exact) mass is 395 g/mol. The maximum Gasteiger partial charge on any atom is 0.272 e. The van der Waals surface area contributed by atoms with Gasteiger partial charge in [-0.05, 0) is 39.8 Å². The Hall–Kier alpha value is -2.33. The molecule has 0 fully saturated rings. The number of aromatic nitrogens is 1. The van der Waals surface area contributed by atoms with Gasteiger partial charge < -0.3 is 15.0 Å². The van der Waals surface area contributed by atoms with E-state index in [1.807, 2.05) is 0 Å². The molecule has 1 heterocycles. The Kier molecular flexibility index (Phi) is 5.45. The molecule has 2 rings (SSSR count). The molecule has 7 nitrogen and oxygen atoms in total. The third kappa shape index (κ3) is 4.51. The predicted molar refractivity (Wildman–Crippen MR) is 104 cm³/mol. The lowest BCUT2D eigenvalue weighted by Gasteiger charge is -2.19. The second kappa shape index (κ2) is 7.01. The molecule has 0 aliphatic rings. The van der Waals surface area contributed by atoms with E-state index < -0.39 is 27.3 Å². The van der Waals surface area contributed by atoms with Crippen LogP contribution in [0.3, 0.4) is 0 Å². The Morgan fingerprint density at radius 2 is 1.89 bits per heavy atom. The molecule has 0 aliphatic carbocycles. The van der Waals surface area contributed by atoms with E-state index in [-0.39, 0.29) is 27.6 Å². The molecule has 27 heavy (non-hydrogen) atoms. The number of hydrogen-bond donors (Lipinski definition) is 3. The topological polar surface area (TPSA) is 100 Å². The highest BCUT2D eigenvalue weighted by molar-refractivity contribution is 7.89. The Morgan fingerprint density at radius 1 is 1.30 bits per heavy atom. The number of aryl methyl sites for hydroxylation is 1. The number of rotatable bonds is 4. The van der Waals surface area contributed by atoms with Crippen LogP contribution >= 0.6 is 0 Å². The van der Waals surface area contributed by atoms with Crippen molar-refractivity contribution in [2.24, 2.45) is 7.05 Å². The number of phenolic OH excluding ortho intramolecular Hbond substituents is 1. The van der Waals surface area contributed by atoms with Crippen LogP contribution in [0.15, 0.2) is 23.2 Å². The van der Waals surface area contributed by atoms with Crippen molar-refractivity contribution in [2.45, 2.75) is 38.1 Å². The molecule has 1 amide bonds. The van der Waals surface area contributed by atoms with E-state index in [0.717, 1.165) is 0 Å². The second-order valence-electron chi connectivity index (χ2n) is 7.51. The fraction of sp³-hybridized carbons (Fsp3) is 0.353. The van der Waals surface area contributed by atoms with Gasteiger partial charge in [0.15, 0.2) is 0 Å². The third-order valence-electron chi connectivity index (χ3n) is 3.89. The van der Waals surface area contributed by atoms with E-state index in [0.29, 0.717) is 5.46 Å². The standard InChI is InChI=1S/C17H23BFN3O4S/c1-9-12(19)7-11(18)14(15(9)23)20-16(24)13-6-10(8-22(13)5)27(25,26)21-17(2,3)4/h6-8,21,23H,18H2,1-5H3,(H,20,24). The smallest absolute Gasteiger partial charge is 0.272 e. The minimum atomic E-state index is -3.80. The van der Waals surface area contributed by atoms with Gasteiger partial charge in [0.1, 0.15) is 30.0 Å². The molecule has 0 spiro atoms. The van der Waals surface area contributed by atoms with Gasteiger partial charge in [-0.3, -0.25) is 4.79 Å². The number of amides is 1. The quantitative estimate of drug-likeness (QED) is 0.526. The molecule has 1 aromatic heterocycles. The molecule has 0 saturated heterocycles. The number of carbonyl (C=O) groups is 1. The first-order chi connectivity index (χ1) is 12.2. The first-order valence-electron chi connectivity index (χ1n) is 8.23. The fourth-order valence-electron chi connectivity index (χ4n) is 2.56. The summed E-state index contributed by atoms with van der Waals surface area (Å²) in [6.45, 7) is 6.53. The van der Waals surface area contributed by atoms with Gasteiger partial charge in [0, 0.05) is 24.3 Å². The third-order valence-corrected chi connectivity index (χ3v) is 5.61. The minimum Gasteiger partial charge on any atom is -0.505 e. The van der Waals surface area contributed by atoms with Crippen LogP contribution in [0.25, 0.3) is 0 Å². The number of halogens is 1. The lowest BCUT2D eigenvalue weighted by atomic mass is 9.91. The molecule has 0 radical (unpaired) electrons. The maximum absolute atomic E-state index is 13.7. The van der Waals surface area contributed by atoms with Gasteiger partial charge in [-0.2, -0.15) is 0 Å². The van der Waals surface area contributed by atoms with E-state index in [4.69, 9.17) is 0 Å². The zero-order valence-electron chi connectivity index (χ0n) is 16.1. The normalized spacial score (nSPS) is 12.2. The summed E-state index contributed by atoms with van der Waals surface area (Å²) >= 11 is 0. The van der Waals surface area contributed by atoms with Crippen LogP contribution in [-0.4, -0.2) is 37.4 Å². The molecule has 0 atom stereocenters. The number of carbonyl (C=O) groups excluding carboxylic acids is 1. The first kappa shape index (κ1) is 21.0. The zero-order valence-corrected chi connectivity index (χ0v) is 17.0. The number of benzene rings is 1. The molecular formula is C17H23BFN3O4S. The molecule has 0 saturated carbocycles. The SMILES string of the molecule is Bc1cc(F)c(C)c(O)c1NC(=O)c1cc(S(=O)(=O)NC(C)(C)C)cn1C. The summed E-state index contributed by atoms with van der Waals surface area (Å²) in [6, 6.07) is 2.45. The van der Waals surface area contributed by atoms with Crippen LogP contribution in [0.4, 0.5) is 10.1 Å². The number of nitrogens with zero attached hydrogens (tertiary/aromatic N) is 1. The van der Waals surface area contributed by atoms with E-state index in [1.165, 1.54) is 36.9 Å². The summed E-state index contributed by atoms with van der Waals surface area (Å²) in [5.74, 6) is -1.57. The van der Waals surface area contributed by atoms with Crippen molar-refractivity contribution in [3.05, 3.63) is 35.4 Å². The van der Waals surface area contributed by atoms with Crippen LogP contribution in [0.1, 0.15) is 36.8 Å². The number of phenols is 1. The predicted octanol–water partition coefficient (Wildman–Crippen LogP) is 0.766. The first-order valence-corrected chi connectivity index (χ1v) is 9.71. The molecule has 10 heteroatoms. The summed E-state index contributed by atoms with van der Waals surface area (Å²) < 4.78 is 42.4. The van der Waals surface area contributed by atoms with E-state index in [9.17, 15) is 22.7 Å². The van der Waals surface area contributed by atoms with Gasteiger partial charge in [-0.1, -0.05) is 5.46 Å². The van der Waals surface area contributed by atoms with Crippen molar-refractivity contribution in [2.75, 3.05) is 5.32 Å². The van der Waals surface area contributed by atoms with Gasteiger partial charge in [0.05, 0.1) is 5.69 Å². The van der Waals surface area contributed by atoms with Crippen molar-refractivity contribution in [3.63, 3.8) is 0 Å². The second-order valence-corrected chi connectivity index (χ2v) is 9.19. The highest BCUT2D eigenvalue weighted by atomic mass is 32.2. The highest BCUT2D eigenvalue weighted by Gasteiger charge is 2.26. The van der Waals surface area contributed by atoms with Crippen molar-refractivity contribution in [3.8, 4) is 5.75 Å². The van der Waals surface area contributed by atoms with E-state index >= 15 is 0 Å². The van der Waals surface area contributed by atoms with Crippen molar-refractivity contribution in [1.82, 2.24) is 9.29 Å². The zero-order chi connectivity index (χ0) is 20.7. The molecule has 0 unspecified atom stereocenters. The molecule has 3 N–H and O–H groups in total. The van der Waals surface area contributed by atoms with E-state index in [1.54, 1.807) is 28.6 Å². The fourth-order valence-corrected chi connectivity index (χ4v) is 4.05.